The lowest BCUT2D eigenvalue weighted by Gasteiger charge is -2.02. The molecular formula is C10H7ClF2N2S. The average Bonchev–Trinajstić information content (AvgIpc) is 2.45. The largest absolute Gasteiger partial charge is 0.328 e. The van der Waals surface area contributed by atoms with Crippen LogP contribution in [-0.4, -0.2) is 9.55 Å². The number of allylic oxidation sites excluding steroid dienone is 1. The number of hydrogen-bond acceptors (Lipinski definition) is 1. The van der Waals surface area contributed by atoms with Crippen molar-refractivity contribution < 1.29 is 8.78 Å². The maximum atomic E-state index is 13.4. The molecule has 0 aliphatic rings. The molecular weight excluding hydrogens is 254 g/mol. The second-order valence-electron chi connectivity index (χ2n) is 3.32. The number of fused-ring (bicyclic) bond motifs is 1. The molecule has 1 aromatic carbocycles. The normalized spacial score (nSPS) is 10.9. The lowest BCUT2D eigenvalue weighted by molar-refractivity contribution is 0.590. The van der Waals surface area contributed by atoms with E-state index in [1.54, 1.807) is 0 Å². The molecule has 16 heavy (non-hydrogen) atoms. The highest BCUT2D eigenvalue weighted by molar-refractivity contribution is 7.71. The van der Waals surface area contributed by atoms with Gasteiger partial charge in [0, 0.05) is 11.1 Å². The molecule has 0 amide bonds. The van der Waals surface area contributed by atoms with Crippen LogP contribution in [0.15, 0.2) is 23.7 Å². The minimum Gasteiger partial charge on any atom is -0.328 e. The summed E-state index contributed by atoms with van der Waals surface area (Å²) in [5.74, 6) is -1.34. The van der Waals surface area contributed by atoms with Crippen LogP contribution >= 0.6 is 23.8 Å². The number of nitrogens with one attached hydrogen (secondary N) is 1. The van der Waals surface area contributed by atoms with Crippen molar-refractivity contribution in [2.24, 2.45) is 0 Å². The topological polar surface area (TPSA) is 20.7 Å². The average molecular weight is 261 g/mol. The van der Waals surface area contributed by atoms with Crippen molar-refractivity contribution in [1.82, 2.24) is 9.55 Å². The number of H-pyrrole nitrogens is 1. The van der Waals surface area contributed by atoms with Crippen LogP contribution in [-0.2, 0) is 6.54 Å². The van der Waals surface area contributed by atoms with Gasteiger partial charge >= 0.3 is 0 Å². The van der Waals surface area contributed by atoms with Crippen LogP contribution in [0.25, 0.3) is 11.0 Å². The first kappa shape index (κ1) is 11.3. The Bertz CT molecular complexity index is 630. The van der Waals surface area contributed by atoms with Gasteiger partial charge in [-0.15, -0.1) is 0 Å². The van der Waals surface area contributed by atoms with E-state index in [4.69, 9.17) is 23.8 Å². The number of hydrogen-bond donors (Lipinski definition) is 1. The minimum absolute atomic E-state index is 0.171. The standard InChI is InChI=1S/C10H7ClF2N2S/c1-5(11)4-15-8-3-6(12)2-7(13)9(8)14-10(15)16/h2-3H,1,4H2,(H,14,16). The van der Waals surface area contributed by atoms with Crippen LogP contribution in [0.1, 0.15) is 0 Å². The quantitative estimate of drug-likeness (QED) is 0.816. The Morgan fingerprint density at radius 2 is 2.19 bits per heavy atom. The molecule has 0 aliphatic carbocycles. The van der Waals surface area contributed by atoms with Crippen molar-refractivity contribution in [1.29, 1.82) is 0 Å². The maximum Gasteiger partial charge on any atom is 0.178 e. The van der Waals surface area contributed by atoms with Gasteiger partial charge in [0.2, 0.25) is 0 Å². The lowest BCUT2D eigenvalue weighted by Crippen LogP contribution is -1.97. The Kier molecular flexibility index (Phi) is 2.82. The van der Waals surface area contributed by atoms with E-state index in [0.717, 1.165) is 6.07 Å². The van der Waals surface area contributed by atoms with Gasteiger partial charge in [0.1, 0.15) is 11.3 Å². The zero-order chi connectivity index (χ0) is 11.9. The molecule has 1 heterocycles. The Morgan fingerprint density at radius 1 is 1.50 bits per heavy atom. The Labute approximate surface area is 100 Å². The molecule has 2 nitrogen and oxygen atoms in total. The third-order valence-electron chi connectivity index (χ3n) is 2.13. The lowest BCUT2D eigenvalue weighted by atomic mass is 10.3. The van der Waals surface area contributed by atoms with Gasteiger partial charge in [0.05, 0.1) is 12.1 Å². The van der Waals surface area contributed by atoms with Crippen molar-refractivity contribution in [2.45, 2.75) is 6.54 Å². The van der Waals surface area contributed by atoms with Crippen molar-refractivity contribution in [3.63, 3.8) is 0 Å². The first-order valence-electron chi connectivity index (χ1n) is 4.40. The molecule has 0 atom stereocenters. The number of rotatable bonds is 2. The summed E-state index contributed by atoms with van der Waals surface area (Å²) in [5.41, 5.74) is 0.508. The molecule has 84 valence electrons. The number of aromatic amines is 1. The summed E-state index contributed by atoms with van der Waals surface area (Å²) in [7, 11) is 0. The van der Waals surface area contributed by atoms with Gasteiger partial charge in [0.25, 0.3) is 0 Å². The van der Waals surface area contributed by atoms with E-state index in [9.17, 15) is 8.78 Å². The molecule has 0 saturated carbocycles. The zero-order valence-corrected chi connectivity index (χ0v) is 9.63. The summed E-state index contributed by atoms with van der Waals surface area (Å²) in [5, 5.41) is 0.335. The highest BCUT2D eigenvalue weighted by Gasteiger charge is 2.10. The minimum atomic E-state index is -0.681. The summed E-state index contributed by atoms with van der Waals surface area (Å²) in [6.07, 6.45) is 0. The summed E-state index contributed by atoms with van der Waals surface area (Å²) in [4.78, 5) is 2.66. The predicted molar refractivity (Wildman–Crippen MR) is 62.0 cm³/mol. The highest BCUT2D eigenvalue weighted by atomic mass is 35.5. The van der Waals surface area contributed by atoms with Crippen molar-refractivity contribution in [3.8, 4) is 0 Å². The van der Waals surface area contributed by atoms with Gasteiger partial charge in [-0.3, -0.25) is 0 Å². The molecule has 1 aromatic heterocycles. The van der Waals surface area contributed by atoms with Crippen LogP contribution in [0.5, 0.6) is 0 Å². The fourth-order valence-corrected chi connectivity index (χ4v) is 1.89. The smallest absolute Gasteiger partial charge is 0.178 e. The van der Waals surface area contributed by atoms with E-state index in [1.807, 2.05) is 0 Å². The Hall–Kier alpha value is -1.20. The molecule has 0 unspecified atom stereocenters. The van der Waals surface area contributed by atoms with Crippen LogP contribution < -0.4 is 0 Å². The summed E-state index contributed by atoms with van der Waals surface area (Å²) >= 11 is 10.7. The van der Waals surface area contributed by atoms with Crippen molar-refractivity contribution in [2.75, 3.05) is 0 Å². The number of benzene rings is 1. The first-order valence-corrected chi connectivity index (χ1v) is 5.18. The van der Waals surface area contributed by atoms with Gasteiger partial charge in [-0.05, 0) is 18.3 Å². The zero-order valence-electron chi connectivity index (χ0n) is 8.06. The molecule has 0 aliphatic heterocycles. The molecule has 0 fully saturated rings. The van der Waals surface area contributed by atoms with Crippen LogP contribution in [0.2, 0.25) is 0 Å². The third kappa shape index (κ3) is 1.88. The highest BCUT2D eigenvalue weighted by Crippen LogP contribution is 2.20. The molecule has 2 rings (SSSR count). The molecule has 1 N–H and O–H groups in total. The maximum absolute atomic E-state index is 13.4. The first-order chi connectivity index (χ1) is 7.49. The number of imidazole rings is 1. The number of aromatic nitrogens is 2. The molecule has 2 aromatic rings. The van der Waals surface area contributed by atoms with Gasteiger partial charge in [-0.25, -0.2) is 8.78 Å². The van der Waals surface area contributed by atoms with Crippen molar-refractivity contribution >= 4 is 34.9 Å². The number of halogens is 3. The summed E-state index contributed by atoms with van der Waals surface area (Å²) < 4.78 is 28.2. The second kappa shape index (κ2) is 3.99. The van der Waals surface area contributed by atoms with Gasteiger partial charge in [-0.2, -0.15) is 0 Å². The summed E-state index contributed by atoms with van der Waals surface area (Å²) in [6.45, 7) is 3.73. The number of nitrogens with zero attached hydrogens (tertiary/aromatic N) is 1. The predicted octanol–water partition coefficient (Wildman–Crippen LogP) is 3.73. The third-order valence-corrected chi connectivity index (χ3v) is 2.57. The summed E-state index contributed by atoms with van der Waals surface area (Å²) in [6, 6.07) is 2.00. The monoisotopic (exact) mass is 260 g/mol. The fraction of sp³-hybridized carbons (Fsp3) is 0.100. The van der Waals surface area contributed by atoms with E-state index in [1.165, 1.54) is 10.6 Å². The van der Waals surface area contributed by atoms with Gasteiger partial charge < -0.3 is 9.55 Å². The second-order valence-corrected chi connectivity index (χ2v) is 4.24. The van der Waals surface area contributed by atoms with E-state index in [2.05, 4.69) is 11.6 Å². The van der Waals surface area contributed by atoms with Crippen molar-refractivity contribution in [3.05, 3.63) is 40.1 Å². The Morgan fingerprint density at radius 3 is 2.81 bits per heavy atom. The molecule has 0 radical (unpaired) electrons. The molecule has 0 spiro atoms. The fourth-order valence-electron chi connectivity index (χ4n) is 1.51. The van der Waals surface area contributed by atoms with E-state index in [-0.39, 0.29) is 16.8 Å². The van der Waals surface area contributed by atoms with E-state index < -0.39 is 11.6 Å². The SMILES string of the molecule is C=C(Cl)Cn1c(=S)[nH]c2c(F)cc(F)cc21. The van der Waals surface area contributed by atoms with Crippen LogP contribution in [0, 0.1) is 16.4 Å². The molecule has 0 saturated heterocycles. The molecule has 6 heteroatoms. The van der Waals surface area contributed by atoms with Gasteiger partial charge in [0.15, 0.2) is 10.6 Å². The Balaban J connectivity index is 2.78. The van der Waals surface area contributed by atoms with E-state index in [0.29, 0.717) is 10.5 Å². The molecule has 0 bridgehead atoms. The van der Waals surface area contributed by atoms with E-state index >= 15 is 0 Å². The van der Waals surface area contributed by atoms with Gasteiger partial charge in [-0.1, -0.05) is 18.2 Å². The van der Waals surface area contributed by atoms with Crippen LogP contribution in [0.3, 0.4) is 0 Å². The van der Waals surface area contributed by atoms with Crippen LogP contribution in [0.4, 0.5) is 8.78 Å².